The van der Waals surface area contributed by atoms with Gasteiger partial charge in [0.2, 0.25) is 5.91 Å². The fourth-order valence-electron chi connectivity index (χ4n) is 2.55. The first-order chi connectivity index (χ1) is 10.9. The van der Waals surface area contributed by atoms with E-state index in [1.807, 2.05) is 0 Å². The number of hydrogen-bond donors (Lipinski definition) is 0. The molecule has 1 saturated heterocycles. The fourth-order valence-corrected chi connectivity index (χ4v) is 2.55. The molecule has 3 rings (SSSR count). The van der Waals surface area contributed by atoms with Crippen LogP contribution < -0.4 is 5.76 Å². The van der Waals surface area contributed by atoms with Crippen molar-refractivity contribution < 1.29 is 22.5 Å². The number of nitrogens with zero attached hydrogens (tertiary/aromatic N) is 4. The van der Waals surface area contributed by atoms with Gasteiger partial charge in [-0.25, -0.2) is 9.36 Å². The van der Waals surface area contributed by atoms with E-state index < -0.39 is 30.4 Å². The van der Waals surface area contributed by atoms with Crippen molar-refractivity contribution in [1.29, 1.82) is 0 Å². The number of pyridine rings is 1. The zero-order chi connectivity index (χ0) is 16.6. The van der Waals surface area contributed by atoms with Crippen LogP contribution in [0.3, 0.4) is 0 Å². The highest BCUT2D eigenvalue weighted by Crippen LogP contribution is 2.29. The highest BCUT2D eigenvalue weighted by molar-refractivity contribution is 5.83. The van der Waals surface area contributed by atoms with E-state index in [1.54, 1.807) is 12.1 Å². The summed E-state index contributed by atoms with van der Waals surface area (Å²) in [5.74, 6) is -1.61. The van der Waals surface area contributed by atoms with Crippen molar-refractivity contribution in [3.63, 3.8) is 0 Å². The quantitative estimate of drug-likeness (QED) is 0.846. The Bertz CT molecular complexity index is 769. The second-order valence-corrected chi connectivity index (χ2v) is 5.06. The maximum absolute atomic E-state index is 12.5. The van der Waals surface area contributed by atoms with Gasteiger partial charge in [-0.1, -0.05) is 5.16 Å². The lowest BCUT2D eigenvalue weighted by Crippen LogP contribution is -2.37. The fraction of sp³-hybridized carbons (Fsp3) is 0.385. The molecule has 122 valence electrons. The van der Waals surface area contributed by atoms with Gasteiger partial charge >= 0.3 is 11.9 Å². The van der Waals surface area contributed by atoms with Gasteiger partial charge in [-0.2, -0.15) is 13.2 Å². The molecule has 0 unspecified atom stereocenters. The summed E-state index contributed by atoms with van der Waals surface area (Å²) in [6.45, 7) is -1.43. The van der Waals surface area contributed by atoms with Crippen LogP contribution in [0.25, 0.3) is 11.4 Å². The van der Waals surface area contributed by atoms with Crippen molar-refractivity contribution in [2.45, 2.75) is 18.6 Å². The number of amides is 1. The summed E-state index contributed by atoms with van der Waals surface area (Å²) in [6, 6.07) is 2.14. The van der Waals surface area contributed by atoms with Crippen molar-refractivity contribution in [2.75, 3.05) is 13.1 Å². The Kier molecular flexibility index (Phi) is 3.66. The first-order valence-corrected chi connectivity index (χ1v) is 6.71. The van der Waals surface area contributed by atoms with Crippen molar-refractivity contribution in [3.8, 4) is 11.4 Å². The third kappa shape index (κ3) is 2.96. The predicted molar refractivity (Wildman–Crippen MR) is 70.3 cm³/mol. The number of halogens is 3. The first kappa shape index (κ1) is 15.3. The zero-order valence-electron chi connectivity index (χ0n) is 11.7. The average molecular weight is 328 g/mol. The Balaban J connectivity index is 1.93. The van der Waals surface area contributed by atoms with Gasteiger partial charge in [-0.05, 0) is 18.6 Å². The second kappa shape index (κ2) is 5.52. The summed E-state index contributed by atoms with van der Waals surface area (Å²) in [5.41, 5.74) is 0.431. The molecule has 0 radical (unpaired) electrons. The summed E-state index contributed by atoms with van der Waals surface area (Å²) in [5, 5.41) is 3.61. The average Bonchev–Trinajstić information content (AvgIpc) is 3.03. The zero-order valence-corrected chi connectivity index (χ0v) is 11.7. The molecule has 0 bridgehead atoms. The maximum Gasteiger partial charge on any atom is 0.442 e. The summed E-state index contributed by atoms with van der Waals surface area (Å²) >= 11 is 0. The van der Waals surface area contributed by atoms with E-state index in [4.69, 9.17) is 0 Å². The van der Waals surface area contributed by atoms with Crippen molar-refractivity contribution in [1.82, 2.24) is 19.6 Å². The Morgan fingerprint density at radius 3 is 2.78 bits per heavy atom. The summed E-state index contributed by atoms with van der Waals surface area (Å²) in [7, 11) is 0. The lowest BCUT2D eigenvalue weighted by Gasteiger charge is -2.18. The third-order valence-corrected chi connectivity index (χ3v) is 3.51. The number of rotatable bonds is 3. The van der Waals surface area contributed by atoms with E-state index in [9.17, 15) is 22.8 Å². The molecule has 0 spiro atoms. The molecule has 1 atom stereocenters. The molecular weight excluding hydrogens is 317 g/mol. The molecule has 0 saturated carbocycles. The third-order valence-electron chi connectivity index (χ3n) is 3.51. The van der Waals surface area contributed by atoms with Crippen LogP contribution in [0.2, 0.25) is 0 Å². The molecule has 23 heavy (non-hydrogen) atoms. The normalized spacial score (nSPS) is 18.7. The van der Waals surface area contributed by atoms with Crippen LogP contribution in [0.4, 0.5) is 13.2 Å². The molecule has 2 aromatic rings. The van der Waals surface area contributed by atoms with E-state index in [1.165, 1.54) is 12.4 Å². The van der Waals surface area contributed by atoms with Crippen LogP contribution in [0.5, 0.6) is 0 Å². The molecular formula is C13H11F3N4O3. The molecule has 1 amide bonds. The van der Waals surface area contributed by atoms with Crippen LogP contribution in [0.1, 0.15) is 12.5 Å². The minimum absolute atomic E-state index is 0.0651. The number of carbonyl (C=O) groups is 1. The van der Waals surface area contributed by atoms with Crippen LogP contribution in [-0.2, 0) is 4.79 Å². The Labute approximate surface area is 127 Å². The van der Waals surface area contributed by atoms with Gasteiger partial charge in [0.15, 0.2) is 5.82 Å². The monoisotopic (exact) mass is 328 g/mol. The first-order valence-electron chi connectivity index (χ1n) is 6.71. The number of hydrogen-bond acceptors (Lipinski definition) is 5. The van der Waals surface area contributed by atoms with E-state index >= 15 is 0 Å². The molecule has 1 aliphatic heterocycles. The number of likely N-dealkylation sites (tertiary alicyclic amines) is 1. The van der Waals surface area contributed by atoms with Gasteiger partial charge in [0.25, 0.3) is 0 Å². The standard InChI is InChI=1S/C13H11F3N4O3/c14-13(15,16)7-19-5-3-9(11(19)21)20-10(18-23-12(20)22)8-2-1-4-17-6-8/h1-2,4,6,9H,3,5,7H2/t9-/m1/s1. The number of aromatic nitrogens is 3. The molecule has 10 heteroatoms. The molecule has 3 heterocycles. The number of alkyl halides is 3. The van der Waals surface area contributed by atoms with Crippen LogP contribution in [-0.4, -0.2) is 44.8 Å². The molecule has 1 aliphatic rings. The van der Waals surface area contributed by atoms with E-state index in [0.717, 1.165) is 4.57 Å². The molecule has 2 aromatic heterocycles. The van der Waals surface area contributed by atoms with Gasteiger partial charge in [-0.15, -0.1) is 0 Å². The molecule has 0 aromatic carbocycles. The highest BCUT2D eigenvalue weighted by atomic mass is 19.4. The minimum Gasteiger partial charge on any atom is -0.332 e. The van der Waals surface area contributed by atoms with Crippen molar-refractivity contribution in [3.05, 3.63) is 35.1 Å². The Morgan fingerprint density at radius 2 is 2.13 bits per heavy atom. The highest BCUT2D eigenvalue weighted by Gasteiger charge is 2.41. The van der Waals surface area contributed by atoms with Gasteiger partial charge in [-0.3, -0.25) is 14.3 Å². The summed E-state index contributed by atoms with van der Waals surface area (Å²) in [6.07, 6.45) is -1.49. The minimum atomic E-state index is -4.49. The van der Waals surface area contributed by atoms with Crippen LogP contribution >= 0.6 is 0 Å². The second-order valence-electron chi connectivity index (χ2n) is 5.06. The topological polar surface area (TPSA) is 81.2 Å². The predicted octanol–water partition coefficient (Wildman–Crippen LogP) is 1.23. The van der Waals surface area contributed by atoms with Gasteiger partial charge in [0, 0.05) is 24.5 Å². The smallest absolute Gasteiger partial charge is 0.332 e. The van der Waals surface area contributed by atoms with Crippen LogP contribution in [0.15, 0.2) is 33.8 Å². The van der Waals surface area contributed by atoms with E-state index in [2.05, 4.69) is 14.7 Å². The molecule has 1 fully saturated rings. The Hall–Kier alpha value is -2.65. The van der Waals surface area contributed by atoms with E-state index in [0.29, 0.717) is 10.5 Å². The number of carbonyl (C=O) groups excluding carboxylic acids is 1. The van der Waals surface area contributed by atoms with Gasteiger partial charge in [0.1, 0.15) is 12.6 Å². The maximum atomic E-state index is 12.5. The summed E-state index contributed by atoms with van der Waals surface area (Å²) < 4.78 is 43.0. The van der Waals surface area contributed by atoms with Crippen molar-refractivity contribution >= 4 is 5.91 Å². The molecule has 0 aliphatic carbocycles. The summed E-state index contributed by atoms with van der Waals surface area (Å²) in [4.78, 5) is 28.6. The van der Waals surface area contributed by atoms with Gasteiger partial charge < -0.3 is 4.90 Å². The van der Waals surface area contributed by atoms with Gasteiger partial charge in [0.05, 0.1) is 0 Å². The van der Waals surface area contributed by atoms with Crippen LogP contribution in [0, 0.1) is 0 Å². The molecule has 7 nitrogen and oxygen atoms in total. The lowest BCUT2D eigenvalue weighted by molar-refractivity contribution is -0.158. The lowest BCUT2D eigenvalue weighted by atomic mass is 10.2. The van der Waals surface area contributed by atoms with Crippen molar-refractivity contribution in [2.24, 2.45) is 0 Å². The SMILES string of the molecule is O=C1[C@H](n2c(-c3cccnc3)noc2=O)CCN1CC(F)(F)F. The largest absolute Gasteiger partial charge is 0.442 e. The van der Waals surface area contributed by atoms with E-state index in [-0.39, 0.29) is 18.8 Å². The molecule has 0 N–H and O–H groups in total. The Morgan fingerprint density at radius 1 is 1.35 bits per heavy atom.